The van der Waals surface area contributed by atoms with E-state index < -0.39 is 56.4 Å². The number of hydrogen-bond acceptors (Lipinski definition) is 10. The summed E-state index contributed by atoms with van der Waals surface area (Å²) in [5, 5.41) is 14.2. The molecule has 4 N–H and O–H groups in total. The molecule has 4 rings (SSSR count). The minimum atomic E-state index is -4.51. The number of alkyl halides is 2. The summed E-state index contributed by atoms with van der Waals surface area (Å²) < 4.78 is 66.4. The van der Waals surface area contributed by atoms with Crippen molar-refractivity contribution in [1.82, 2.24) is 14.6 Å². The molecule has 1 saturated heterocycles. The van der Waals surface area contributed by atoms with Gasteiger partial charge in [0.25, 0.3) is 0 Å². The number of aliphatic hydroxyl groups is 1. The summed E-state index contributed by atoms with van der Waals surface area (Å²) >= 11 is 0. The van der Waals surface area contributed by atoms with E-state index in [1.807, 2.05) is 6.92 Å². The number of nitrogens with two attached hydrogens (primary N) is 1. The van der Waals surface area contributed by atoms with E-state index in [9.17, 15) is 19.3 Å². The number of unbranched alkanes of at least 4 members (excludes halogenated alkanes) is 2. The second-order valence-electron chi connectivity index (χ2n) is 9.78. The van der Waals surface area contributed by atoms with Crippen LogP contribution in [0.2, 0.25) is 0 Å². The number of anilines is 1. The average Bonchev–Trinajstić information content (AvgIpc) is 3.18. The van der Waals surface area contributed by atoms with Gasteiger partial charge >= 0.3 is 25.3 Å². The summed E-state index contributed by atoms with van der Waals surface area (Å²) in [7, 11) is -4.51. The lowest BCUT2D eigenvalue weighted by molar-refractivity contribution is -0.145. The van der Waals surface area contributed by atoms with E-state index in [0.717, 1.165) is 30.5 Å². The van der Waals surface area contributed by atoms with Crippen LogP contribution in [-0.2, 0) is 23.4 Å². The van der Waals surface area contributed by atoms with Crippen LogP contribution in [0.4, 0.5) is 14.6 Å². The van der Waals surface area contributed by atoms with Crippen molar-refractivity contribution in [3.8, 4) is 5.75 Å². The Hall–Kier alpha value is -3.42. The first-order chi connectivity index (χ1) is 19.9. The first-order valence-electron chi connectivity index (χ1n) is 13.4. The predicted molar refractivity (Wildman–Crippen MR) is 149 cm³/mol. The van der Waals surface area contributed by atoms with E-state index in [4.69, 9.17) is 24.3 Å². The Morgan fingerprint density at radius 1 is 1.24 bits per heavy atom. The Morgan fingerprint density at radius 3 is 2.71 bits per heavy atom. The van der Waals surface area contributed by atoms with Gasteiger partial charge in [0, 0.05) is 11.6 Å². The summed E-state index contributed by atoms with van der Waals surface area (Å²) in [4.78, 5) is 28.2. The molecule has 0 amide bonds. The zero-order valence-electron chi connectivity index (χ0n) is 23.0. The highest BCUT2D eigenvalue weighted by Crippen LogP contribution is 2.49. The second-order valence-corrected chi connectivity index (χ2v) is 11.5. The predicted octanol–water partition coefficient (Wildman–Crippen LogP) is 3.79. The molecule has 3 aromatic rings. The van der Waals surface area contributed by atoms with Crippen LogP contribution >= 0.6 is 7.75 Å². The highest BCUT2D eigenvalue weighted by molar-refractivity contribution is 7.52. The summed E-state index contributed by atoms with van der Waals surface area (Å²) in [6.45, 7) is 2.68. The first-order valence-corrected chi connectivity index (χ1v) is 14.9. The van der Waals surface area contributed by atoms with E-state index in [1.54, 1.807) is 36.4 Å². The maximum absolute atomic E-state index is 15.0. The Kier molecular flexibility index (Phi) is 9.95. The molecule has 1 unspecified atom stereocenters. The van der Waals surface area contributed by atoms with Crippen LogP contribution in [0.5, 0.6) is 5.75 Å². The standard InChI is InChI=1S/C27H33F2N4O8P/c1-3-4-7-15-38-24(35)17(2)32-42(37,41-20-12-8-10-18-9-5-6-11-19(18)20)39-16-21-23(34)27(28,29)25(40-21)33-14-13-22(30)31-26(33)36/h5-6,8-14,17,21,23,25,34H,3-4,7,15-16H2,1-2H3,(H,32,37)(H2,30,31,36)/t17-,21+,23+,25+,42?/m0/s1. The number of ether oxygens (including phenoxy) is 2. The minimum absolute atomic E-state index is 0.128. The molecule has 2 heterocycles. The van der Waals surface area contributed by atoms with Gasteiger partial charge in [-0.15, -0.1) is 0 Å². The number of halogens is 2. The van der Waals surface area contributed by atoms with E-state index >= 15 is 8.78 Å². The largest absolute Gasteiger partial charge is 0.465 e. The first kappa shape index (κ1) is 31.5. The Morgan fingerprint density at radius 2 is 1.98 bits per heavy atom. The van der Waals surface area contributed by atoms with Crippen molar-refractivity contribution in [2.45, 2.75) is 63.5 Å². The molecule has 228 valence electrons. The monoisotopic (exact) mass is 610 g/mol. The van der Waals surface area contributed by atoms with Crippen molar-refractivity contribution < 1.29 is 41.8 Å². The third-order valence-electron chi connectivity index (χ3n) is 6.56. The van der Waals surface area contributed by atoms with Crippen LogP contribution in [0.3, 0.4) is 0 Å². The van der Waals surface area contributed by atoms with Crippen molar-refractivity contribution in [2.75, 3.05) is 18.9 Å². The number of aliphatic hydroxyl groups excluding tert-OH is 1. The number of carbonyl (C=O) groups excluding carboxylic acids is 1. The SMILES string of the molecule is CCCCCOC(=O)[C@H](C)NP(=O)(OC[C@H]1O[C@@H](n2ccc(N)nc2=O)C(F)(F)[C@@H]1O)Oc1cccc2ccccc12. The number of carbonyl (C=O) groups is 1. The van der Waals surface area contributed by atoms with Gasteiger partial charge in [0.1, 0.15) is 23.7 Å². The van der Waals surface area contributed by atoms with E-state index in [1.165, 1.54) is 13.0 Å². The van der Waals surface area contributed by atoms with Crippen LogP contribution in [-0.4, -0.2) is 58.0 Å². The number of nitrogens with zero attached hydrogens (tertiary/aromatic N) is 2. The highest BCUT2D eigenvalue weighted by Gasteiger charge is 2.60. The number of aromatic nitrogens is 2. The van der Waals surface area contributed by atoms with Gasteiger partial charge in [0.05, 0.1) is 13.2 Å². The molecule has 1 aliphatic rings. The van der Waals surface area contributed by atoms with Crippen LogP contribution in [0.25, 0.3) is 10.8 Å². The quantitative estimate of drug-likeness (QED) is 0.147. The summed E-state index contributed by atoms with van der Waals surface area (Å²) in [6, 6.07) is 12.0. The maximum Gasteiger partial charge on any atom is 0.459 e. The molecule has 0 radical (unpaired) electrons. The van der Waals surface area contributed by atoms with E-state index in [2.05, 4.69) is 10.1 Å². The summed E-state index contributed by atoms with van der Waals surface area (Å²) in [5.41, 5.74) is 4.32. The van der Waals surface area contributed by atoms with Gasteiger partial charge in [0.2, 0.25) is 6.23 Å². The number of esters is 1. The smallest absolute Gasteiger partial charge is 0.459 e. The molecular formula is C27H33F2N4O8P. The summed E-state index contributed by atoms with van der Waals surface area (Å²) in [5.74, 6) is -4.74. The molecule has 15 heteroatoms. The number of benzene rings is 2. The third kappa shape index (κ3) is 7.13. The van der Waals surface area contributed by atoms with Gasteiger partial charge in [0.15, 0.2) is 6.10 Å². The molecule has 0 saturated carbocycles. The Labute approximate surface area is 240 Å². The summed E-state index contributed by atoms with van der Waals surface area (Å²) in [6.07, 6.45) is -3.07. The average molecular weight is 611 g/mol. The van der Waals surface area contributed by atoms with Gasteiger partial charge in [-0.25, -0.2) is 9.36 Å². The second kappa shape index (κ2) is 13.3. The number of fused-ring (bicyclic) bond motifs is 1. The fourth-order valence-electron chi connectivity index (χ4n) is 4.32. The van der Waals surface area contributed by atoms with Crippen LogP contribution in [0, 0.1) is 0 Å². The zero-order valence-corrected chi connectivity index (χ0v) is 23.9. The number of nitrogens with one attached hydrogen (secondary N) is 1. The van der Waals surface area contributed by atoms with Crippen molar-refractivity contribution in [3.05, 3.63) is 65.2 Å². The maximum atomic E-state index is 15.0. The van der Waals surface area contributed by atoms with Crippen LogP contribution in [0.1, 0.15) is 39.3 Å². The highest BCUT2D eigenvalue weighted by atomic mass is 31.2. The van der Waals surface area contributed by atoms with Crippen molar-refractivity contribution in [3.63, 3.8) is 0 Å². The molecule has 5 atom stereocenters. The normalized spacial score (nSPS) is 22.0. The molecule has 1 aromatic heterocycles. The molecule has 0 bridgehead atoms. The molecule has 0 spiro atoms. The fourth-order valence-corrected chi connectivity index (χ4v) is 5.84. The van der Waals surface area contributed by atoms with Gasteiger partial charge in [-0.05, 0) is 30.9 Å². The van der Waals surface area contributed by atoms with Gasteiger partial charge in [-0.3, -0.25) is 13.9 Å². The molecule has 0 aliphatic carbocycles. The molecule has 2 aromatic carbocycles. The van der Waals surface area contributed by atoms with Gasteiger partial charge in [-0.1, -0.05) is 56.2 Å². The molecule has 1 aliphatic heterocycles. The van der Waals surface area contributed by atoms with Gasteiger partial charge in [-0.2, -0.15) is 18.9 Å². The van der Waals surface area contributed by atoms with Crippen molar-refractivity contribution in [2.24, 2.45) is 0 Å². The molecule has 42 heavy (non-hydrogen) atoms. The van der Waals surface area contributed by atoms with E-state index in [-0.39, 0.29) is 18.2 Å². The lowest BCUT2D eigenvalue weighted by Gasteiger charge is -2.25. The van der Waals surface area contributed by atoms with E-state index in [0.29, 0.717) is 16.4 Å². The van der Waals surface area contributed by atoms with Crippen molar-refractivity contribution >= 4 is 30.3 Å². The Balaban J connectivity index is 1.55. The number of hydrogen-bond donors (Lipinski definition) is 3. The van der Waals surface area contributed by atoms with Crippen molar-refractivity contribution in [1.29, 1.82) is 0 Å². The molecule has 12 nitrogen and oxygen atoms in total. The Bertz CT molecular complexity index is 1500. The lowest BCUT2D eigenvalue weighted by atomic mass is 10.1. The number of nitrogen functional groups attached to an aromatic ring is 1. The minimum Gasteiger partial charge on any atom is -0.465 e. The number of rotatable bonds is 13. The topological polar surface area (TPSA) is 164 Å². The molecule has 1 fully saturated rings. The lowest BCUT2D eigenvalue weighted by Crippen LogP contribution is -2.42. The third-order valence-corrected chi connectivity index (χ3v) is 8.19. The van der Waals surface area contributed by atoms with Crippen LogP contribution < -0.4 is 21.0 Å². The zero-order chi connectivity index (χ0) is 30.5. The van der Waals surface area contributed by atoms with Crippen LogP contribution in [0.15, 0.2) is 59.5 Å². The van der Waals surface area contributed by atoms with Gasteiger partial charge < -0.3 is 24.8 Å². The fraction of sp³-hybridized carbons (Fsp3) is 0.444. The molecular weight excluding hydrogens is 577 g/mol.